The van der Waals surface area contributed by atoms with E-state index in [0.29, 0.717) is 30.6 Å². The van der Waals surface area contributed by atoms with Crippen LogP contribution in [0.3, 0.4) is 0 Å². The minimum absolute atomic E-state index is 0.487. The predicted molar refractivity (Wildman–Crippen MR) is 92.0 cm³/mol. The number of rotatable bonds is 7. The summed E-state index contributed by atoms with van der Waals surface area (Å²) in [5.41, 5.74) is 0.622. The van der Waals surface area contributed by atoms with Gasteiger partial charge in [0.25, 0.3) is 0 Å². The minimum Gasteiger partial charge on any atom is -0.492 e. The molecule has 0 bridgehead atoms. The molecule has 0 spiro atoms. The maximum Gasteiger partial charge on any atom is 0.223 e. The number of hydrogen-bond donors (Lipinski definition) is 0. The predicted octanol–water partition coefficient (Wildman–Crippen LogP) is 1.83. The Hall–Kier alpha value is -2.43. The lowest BCUT2D eigenvalue weighted by Crippen LogP contribution is -2.35. The number of hydrogen-bond acceptors (Lipinski definition) is 7. The van der Waals surface area contributed by atoms with Crippen molar-refractivity contribution in [3.8, 4) is 11.8 Å². The molecular weight excluding hydrogens is 318 g/mol. The van der Waals surface area contributed by atoms with Gasteiger partial charge in [-0.15, -0.1) is 0 Å². The van der Waals surface area contributed by atoms with Crippen molar-refractivity contribution in [2.45, 2.75) is 25.9 Å². The van der Waals surface area contributed by atoms with Crippen LogP contribution in [0.25, 0.3) is 0 Å². The lowest BCUT2D eigenvalue weighted by Gasteiger charge is -2.23. The SMILES string of the molecule is Cc1nc(CN(C)C2CCN(CCOc3cccc(C#N)c3)C2)no1. The van der Waals surface area contributed by atoms with E-state index in [0.717, 1.165) is 37.6 Å². The first-order valence-electron chi connectivity index (χ1n) is 8.49. The summed E-state index contributed by atoms with van der Waals surface area (Å²) in [5.74, 6) is 2.09. The Balaban J connectivity index is 1.41. The van der Waals surface area contributed by atoms with Gasteiger partial charge in [0.05, 0.1) is 18.2 Å². The number of ether oxygens (including phenoxy) is 1. The largest absolute Gasteiger partial charge is 0.492 e. The summed E-state index contributed by atoms with van der Waals surface area (Å²) in [5, 5.41) is 12.9. The molecule has 1 aliphatic heterocycles. The fourth-order valence-corrected chi connectivity index (χ4v) is 3.08. The van der Waals surface area contributed by atoms with E-state index in [1.54, 1.807) is 19.1 Å². The van der Waals surface area contributed by atoms with Gasteiger partial charge in [0, 0.05) is 26.1 Å². The minimum atomic E-state index is 0.487. The lowest BCUT2D eigenvalue weighted by molar-refractivity contribution is 0.200. The van der Waals surface area contributed by atoms with Gasteiger partial charge in [-0.3, -0.25) is 9.80 Å². The van der Waals surface area contributed by atoms with Crippen LogP contribution in [-0.4, -0.2) is 59.3 Å². The number of likely N-dealkylation sites (tertiary alicyclic amines) is 1. The van der Waals surface area contributed by atoms with Gasteiger partial charge in [0.15, 0.2) is 5.82 Å². The Morgan fingerprint density at radius 3 is 3.12 bits per heavy atom. The van der Waals surface area contributed by atoms with Crippen LogP contribution in [0.4, 0.5) is 0 Å². The van der Waals surface area contributed by atoms with Crippen LogP contribution in [0.2, 0.25) is 0 Å². The molecule has 2 heterocycles. The second-order valence-corrected chi connectivity index (χ2v) is 6.38. The van der Waals surface area contributed by atoms with Gasteiger partial charge in [-0.25, -0.2) is 0 Å². The van der Waals surface area contributed by atoms with Crippen molar-refractivity contribution in [2.24, 2.45) is 0 Å². The highest BCUT2D eigenvalue weighted by atomic mass is 16.5. The van der Waals surface area contributed by atoms with Crippen LogP contribution in [0, 0.1) is 18.3 Å². The molecule has 3 rings (SSSR count). The van der Waals surface area contributed by atoms with Crippen molar-refractivity contribution in [2.75, 3.05) is 33.3 Å². The van der Waals surface area contributed by atoms with Gasteiger partial charge in [0.1, 0.15) is 12.4 Å². The number of nitrogens with zero attached hydrogens (tertiary/aromatic N) is 5. The zero-order chi connectivity index (χ0) is 17.6. The zero-order valence-corrected chi connectivity index (χ0v) is 14.7. The molecule has 7 heteroatoms. The van der Waals surface area contributed by atoms with E-state index in [9.17, 15) is 0 Å². The smallest absolute Gasteiger partial charge is 0.223 e. The van der Waals surface area contributed by atoms with Crippen molar-refractivity contribution in [3.05, 3.63) is 41.5 Å². The fraction of sp³-hybridized carbons (Fsp3) is 0.500. The van der Waals surface area contributed by atoms with E-state index in [4.69, 9.17) is 14.5 Å². The standard InChI is InChI=1S/C18H23N5O2/c1-14-20-18(21-25-14)13-22(2)16-6-7-23(12-16)8-9-24-17-5-3-4-15(10-17)11-19/h3-5,10,16H,6-9,12-13H2,1-2H3. The summed E-state index contributed by atoms with van der Waals surface area (Å²) in [7, 11) is 2.10. The molecule has 0 aliphatic carbocycles. The third-order valence-electron chi connectivity index (χ3n) is 4.47. The highest BCUT2D eigenvalue weighted by Crippen LogP contribution is 2.17. The second kappa shape index (κ2) is 8.10. The average Bonchev–Trinajstić information content (AvgIpc) is 3.24. The van der Waals surface area contributed by atoms with Gasteiger partial charge in [-0.05, 0) is 38.2 Å². The summed E-state index contributed by atoms with van der Waals surface area (Å²) in [4.78, 5) is 8.94. The molecule has 1 aliphatic rings. The van der Waals surface area contributed by atoms with Crippen molar-refractivity contribution in [1.29, 1.82) is 5.26 Å². The van der Waals surface area contributed by atoms with E-state index >= 15 is 0 Å². The second-order valence-electron chi connectivity index (χ2n) is 6.38. The van der Waals surface area contributed by atoms with E-state index < -0.39 is 0 Å². The molecule has 1 aromatic heterocycles. The molecule has 25 heavy (non-hydrogen) atoms. The summed E-state index contributed by atoms with van der Waals surface area (Å²) in [6.45, 7) is 6.07. The zero-order valence-electron chi connectivity index (χ0n) is 14.7. The van der Waals surface area contributed by atoms with Gasteiger partial charge in [0.2, 0.25) is 5.89 Å². The summed E-state index contributed by atoms with van der Waals surface area (Å²) in [6.07, 6.45) is 1.12. The van der Waals surface area contributed by atoms with E-state index in [-0.39, 0.29) is 0 Å². The Labute approximate surface area is 147 Å². The molecule has 0 N–H and O–H groups in total. The molecule has 1 atom stereocenters. The van der Waals surface area contributed by atoms with Gasteiger partial charge >= 0.3 is 0 Å². The van der Waals surface area contributed by atoms with Crippen LogP contribution in [0.5, 0.6) is 5.75 Å². The van der Waals surface area contributed by atoms with Gasteiger partial charge in [-0.2, -0.15) is 10.2 Å². The highest BCUT2D eigenvalue weighted by Gasteiger charge is 2.26. The topological polar surface area (TPSA) is 78.4 Å². The molecule has 0 radical (unpaired) electrons. The van der Waals surface area contributed by atoms with Crippen molar-refractivity contribution < 1.29 is 9.26 Å². The Morgan fingerprint density at radius 2 is 2.36 bits per heavy atom. The molecular formula is C18H23N5O2. The molecule has 1 fully saturated rings. The molecule has 132 valence electrons. The van der Waals surface area contributed by atoms with Crippen molar-refractivity contribution in [1.82, 2.24) is 19.9 Å². The number of benzene rings is 1. The maximum absolute atomic E-state index is 8.92. The average molecular weight is 341 g/mol. The maximum atomic E-state index is 8.92. The van der Waals surface area contributed by atoms with Crippen LogP contribution in [0.1, 0.15) is 23.7 Å². The summed E-state index contributed by atoms with van der Waals surface area (Å²) < 4.78 is 10.8. The van der Waals surface area contributed by atoms with Gasteiger partial charge in [-0.1, -0.05) is 11.2 Å². The molecule has 0 amide bonds. The molecule has 1 saturated heterocycles. The van der Waals surface area contributed by atoms with Crippen molar-refractivity contribution >= 4 is 0 Å². The third kappa shape index (κ3) is 4.78. The molecule has 0 saturated carbocycles. The van der Waals surface area contributed by atoms with Crippen molar-refractivity contribution in [3.63, 3.8) is 0 Å². The summed E-state index contributed by atoms with van der Waals surface area (Å²) in [6, 6.07) is 9.89. The fourth-order valence-electron chi connectivity index (χ4n) is 3.08. The number of aryl methyl sites for hydroxylation is 1. The van der Waals surface area contributed by atoms with Crippen LogP contribution < -0.4 is 4.74 Å². The Kier molecular flexibility index (Phi) is 5.64. The first-order chi connectivity index (χ1) is 12.1. The van der Waals surface area contributed by atoms with Crippen LogP contribution in [0.15, 0.2) is 28.8 Å². The van der Waals surface area contributed by atoms with E-state index in [1.807, 2.05) is 12.1 Å². The Bertz CT molecular complexity index is 739. The highest BCUT2D eigenvalue weighted by molar-refractivity contribution is 5.36. The van der Waals surface area contributed by atoms with E-state index in [2.05, 4.69) is 33.1 Å². The van der Waals surface area contributed by atoms with Crippen LogP contribution >= 0.6 is 0 Å². The summed E-state index contributed by atoms with van der Waals surface area (Å²) >= 11 is 0. The Morgan fingerprint density at radius 1 is 1.48 bits per heavy atom. The quantitative estimate of drug-likeness (QED) is 0.760. The normalized spacial score (nSPS) is 17.8. The first-order valence-corrected chi connectivity index (χ1v) is 8.49. The number of nitriles is 1. The monoisotopic (exact) mass is 341 g/mol. The third-order valence-corrected chi connectivity index (χ3v) is 4.47. The molecule has 7 nitrogen and oxygen atoms in total. The van der Waals surface area contributed by atoms with E-state index in [1.165, 1.54) is 0 Å². The van der Waals surface area contributed by atoms with Crippen LogP contribution in [-0.2, 0) is 6.54 Å². The first kappa shape index (κ1) is 17.4. The number of likely N-dealkylation sites (N-methyl/N-ethyl adjacent to an activating group) is 1. The molecule has 1 aromatic carbocycles. The number of aromatic nitrogens is 2. The molecule has 2 aromatic rings. The molecule has 1 unspecified atom stereocenters. The lowest BCUT2D eigenvalue weighted by atomic mass is 10.2. The van der Waals surface area contributed by atoms with Gasteiger partial charge < -0.3 is 9.26 Å².